The van der Waals surface area contributed by atoms with Crippen molar-refractivity contribution in [2.75, 3.05) is 5.32 Å². The molecule has 0 unspecified atom stereocenters. The van der Waals surface area contributed by atoms with E-state index in [2.05, 4.69) is 39.6 Å². The largest absolute Gasteiger partial charge is 0.300 e. The molecule has 0 bridgehead atoms. The molecule has 3 heterocycles. The summed E-state index contributed by atoms with van der Waals surface area (Å²) in [6.45, 7) is 6.62. The highest BCUT2D eigenvalue weighted by Gasteiger charge is 2.15. The number of carbonyl (C=O) groups is 1. The molecule has 0 aromatic carbocycles. The van der Waals surface area contributed by atoms with Crippen LogP contribution in [0.25, 0.3) is 11.0 Å². The summed E-state index contributed by atoms with van der Waals surface area (Å²) in [5.74, 6) is -0.102. The first kappa shape index (κ1) is 14.6. The summed E-state index contributed by atoms with van der Waals surface area (Å²) in [6, 6.07) is 0.273. The zero-order valence-corrected chi connectivity index (χ0v) is 13.5. The molecule has 0 aliphatic rings. The zero-order valence-electron chi connectivity index (χ0n) is 12.6. The number of rotatable bonds is 5. The molecule has 1 amide bonds. The van der Waals surface area contributed by atoms with E-state index >= 15 is 0 Å². The van der Waals surface area contributed by atoms with Crippen LogP contribution in [0.3, 0.4) is 0 Å². The van der Waals surface area contributed by atoms with E-state index in [1.165, 1.54) is 11.3 Å². The second-order valence-corrected chi connectivity index (χ2v) is 6.10. The molecule has 8 nitrogen and oxygen atoms in total. The predicted octanol–water partition coefficient (Wildman–Crippen LogP) is 2.00. The molecule has 1 N–H and O–H groups in total. The van der Waals surface area contributed by atoms with Crippen LogP contribution in [0.5, 0.6) is 0 Å². The van der Waals surface area contributed by atoms with Crippen molar-refractivity contribution in [3.8, 4) is 0 Å². The van der Waals surface area contributed by atoms with E-state index in [9.17, 15) is 4.79 Å². The third-order valence-electron chi connectivity index (χ3n) is 3.31. The van der Waals surface area contributed by atoms with Gasteiger partial charge >= 0.3 is 0 Å². The summed E-state index contributed by atoms with van der Waals surface area (Å²) in [5, 5.41) is 19.6. The smallest absolute Gasteiger partial charge is 0.228 e. The minimum atomic E-state index is -0.102. The Kier molecular flexibility index (Phi) is 3.88. The lowest BCUT2D eigenvalue weighted by molar-refractivity contribution is -0.116. The normalized spacial score (nSPS) is 11.5. The van der Waals surface area contributed by atoms with Gasteiger partial charge in [-0.15, -0.1) is 10.2 Å². The standard InChI is InChI=1S/C13H17N7OS/c1-8(2)20-10-6-15-19(12(10)9(3)18-20)5-4-11(21)16-13-17-14-7-22-13/h6-8H,4-5H2,1-3H3,(H,16,17,21). The highest BCUT2D eigenvalue weighted by Crippen LogP contribution is 2.21. The van der Waals surface area contributed by atoms with Crippen molar-refractivity contribution in [2.45, 2.75) is 39.8 Å². The fraction of sp³-hybridized carbons (Fsp3) is 0.462. The van der Waals surface area contributed by atoms with Gasteiger partial charge in [0.05, 0.1) is 18.4 Å². The first-order chi connectivity index (χ1) is 10.6. The molecule has 0 radical (unpaired) electrons. The van der Waals surface area contributed by atoms with Crippen LogP contribution in [0.1, 0.15) is 32.0 Å². The summed E-state index contributed by atoms with van der Waals surface area (Å²) in [6.07, 6.45) is 2.13. The van der Waals surface area contributed by atoms with Crippen molar-refractivity contribution < 1.29 is 4.79 Å². The SMILES string of the molecule is Cc1nn(C(C)C)c2cnn(CCC(=O)Nc3nncs3)c12. The summed E-state index contributed by atoms with van der Waals surface area (Å²) in [4.78, 5) is 11.9. The maximum absolute atomic E-state index is 11.9. The molecule has 0 fully saturated rings. The Morgan fingerprint density at radius 3 is 2.95 bits per heavy atom. The average molecular weight is 319 g/mol. The lowest BCUT2D eigenvalue weighted by Crippen LogP contribution is -2.15. The number of amides is 1. The second-order valence-electron chi connectivity index (χ2n) is 5.27. The summed E-state index contributed by atoms with van der Waals surface area (Å²) < 4.78 is 3.78. The van der Waals surface area contributed by atoms with Crippen LogP contribution in [0.15, 0.2) is 11.7 Å². The van der Waals surface area contributed by atoms with Crippen molar-refractivity contribution in [1.29, 1.82) is 0 Å². The molecular weight excluding hydrogens is 302 g/mol. The molecule has 116 valence electrons. The number of hydrogen-bond donors (Lipinski definition) is 1. The monoisotopic (exact) mass is 319 g/mol. The van der Waals surface area contributed by atoms with Crippen LogP contribution in [-0.4, -0.2) is 35.7 Å². The molecule has 0 saturated carbocycles. The Hall–Kier alpha value is -2.29. The maximum atomic E-state index is 11.9. The van der Waals surface area contributed by atoms with Gasteiger partial charge in [0.2, 0.25) is 11.0 Å². The zero-order chi connectivity index (χ0) is 15.7. The van der Waals surface area contributed by atoms with Crippen LogP contribution < -0.4 is 5.32 Å². The van der Waals surface area contributed by atoms with Crippen molar-refractivity contribution in [3.05, 3.63) is 17.4 Å². The summed E-state index contributed by atoms with van der Waals surface area (Å²) >= 11 is 1.30. The van der Waals surface area contributed by atoms with E-state index in [0.717, 1.165) is 16.7 Å². The van der Waals surface area contributed by atoms with Gasteiger partial charge in [0.25, 0.3) is 0 Å². The Bertz CT molecular complexity index is 787. The predicted molar refractivity (Wildman–Crippen MR) is 83.8 cm³/mol. The van der Waals surface area contributed by atoms with Crippen molar-refractivity contribution in [3.63, 3.8) is 0 Å². The number of hydrogen-bond acceptors (Lipinski definition) is 6. The van der Waals surface area contributed by atoms with E-state index in [1.54, 1.807) is 11.7 Å². The highest BCUT2D eigenvalue weighted by atomic mass is 32.1. The minimum absolute atomic E-state index is 0.102. The molecule has 3 rings (SSSR count). The molecule has 0 atom stereocenters. The fourth-order valence-corrected chi connectivity index (χ4v) is 2.82. The summed E-state index contributed by atoms with van der Waals surface area (Å²) in [7, 11) is 0. The van der Waals surface area contributed by atoms with E-state index in [4.69, 9.17) is 0 Å². The molecule has 3 aromatic rings. The van der Waals surface area contributed by atoms with Gasteiger partial charge in [-0.3, -0.25) is 14.2 Å². The Balaban J connectivity index is 1.73. The molecule has 0 spiro atoms. The van der Waals surface area contributed by atoms with Crippen molar-refractivity contribution >= 4 is 33.4 Å². The van der Waals surface area contributed by atoms with Crippen LogP contribution >= 0.6 is 11.3 Å². The fourth-order valence-electron chi connectivity index (χ4n) is 2.36. The third kappa shape index (κ3) is 2.71. The number of carbonyl (C=O) groups excluding carboxylic acids is 1. The van der Waals surface area contributed by atoms with Crippen LogP contribution in [0.2, 0.25) is 0 Å². The van der Waals surface area contributed by atoms with Crippen LogP contribution in [0.4, 0.5) is 5.13 Å². The van der Waals surface area contributed by atoms with Gasteiger partial charge in [-0.1, -0.05) is 11.3 Å². The third-order valence-corrected chi connectivity index (χ3v) is 3.92. The first-order valence-corrected chi connectivity index (χ1v) is 7.91. The Morgan fingerprint density at radius 2 is 2.27 bits per heavy atom. The number of aromatic nitrogens is 6. The van der Waals surface area contributed by atoms with Gasteiger partial charge in [-0.2, -0.15) is 10.2 Å². The molecule has 9 heteroatoms. The number of anilines is 1. The first-order valence-electron chi connectivity index (χ1n) is 7.03. The van der Waals surface area contributed by atoms with Crippen LogP contribution in [0, 0.1) is 6.92 Å². The van der Waals surface area contributed by atoms with Gasteiger partial charge in [0.1, 0.15) is 16.5 Å². The minimum Gasteiger partial charge on any atom is -0.300 e. The van der Waals surface area contributed by atoms with E-state index in [-0.39, 0.29) is 11.9 Å². The molecule has 3 aromatic heterocycles. The van der Waals surface area contributed by atoms with Crippen molar-refractivity contribution in [2.24, 2.45) is 0 Å². The topological polar surface area (TPSA) is 90.5 Å². The lowest BCUT2D eigenvalue weighted by Gasteiger charge is -2.04. The molecule has 0 saturated heterocycles. The Morgan fingerprint density at radius 1 is 1.45 bits per heavy atom. The van der Waals surface area contributed by atoms with Crippen molar-refractivity contribution in [1.82, 2.24) is 29.8 Å². The van der Waals surface area contributed by atoms with Gasteiger partial charge in [-0.25, -0.2) is 0 Å². The van der Waals surface area contributed by atoms with Gasteiger partial charge < -0.3 is 5.32 Å². The molecule has 0 aliphatic heterocycles. The average Bonchev–Trinajstić information content (AvgIpc) is 3.15. The number of nitrogens with zero attached hydrogens (tertiary/aromatic N) is 6. The van der Waals surface area contributed by atoms with Crippen LogP contribution in [-0.2, 0) is 11.3 Å². The second kappa shape index (κ2) is 5.84. The molecule has 0 aliphatic carbocycles. The summed E-state index contributed by atoms with van der Waals surface area (Å²) in [5.41, 5.74) is 4.48. The number of fused-ring (bicyclic) bond motifs is 1. The molecule has 22 heavy (non-hydrogen) atoms. The van der Waals surface area contributed by atoms with E-state index in [1.807, 2.05) is 16.3 Å². The maximum Gasteiger partial charge on any atom is 0.228 e. The number of nitrogens with one attached hydrogen (secondary N) is 1. The van der Waals surface area contributed by atoms with Gasteiger partial charge in [-0.05, 0) is 20.8 Å². The van der Waals surface area contributed by atoms with E-state index in [0.29, 0.717) is 18.1 Å². The Labute approximate surface area is 131 Å². The highest BCUT2D eigenvalue weighted by molar-refractivity contribution is 7.13. The van der Waals surface area contributed by atoms with Gasteiger partial charge in [0.15, 0.2) is 0 Å². The number of aryl methyl sites for hydroxylation is 2. The van der Waals surface area contributed by atoms with E-state index < -0.39 is 0 Å². The molecular formula is C13H17N7OS. The van der Waals surface area contributed by atoms with Gasteiger partial charge in [0, 0.05) is 12.5 Å². The quantitative estimate of drug-likeness (QED) is 0.777. The lowest BCUT2D eigenvalue weighted by atomic mass is 10.3.